The quantitative estimate of drug-likeness (QED) is 0.563. The fourth-order valence-electron chi connectivity index (χ4n) is 1.73. The van der Waals surface area contributed by atoms with Gasteiger partial charge in [0.1, 0.15) is 12.4 Å². The van der Waals surface area contributed by atoms with Crippen LogP contribution in [0.3, 0.4) is 0 Å². The average Bonchev–Trinajstić information content (AvgIpc) is 2.43. The van der Waals surface area contributed by atoms with Crippen molar-refractivity contribution < 1.29 is 14.3 Å². The van der Waals surface area contributed by atoms with E-state index in [9.17, 15) is 4.79 Å². The van der Waals surface area contributed by atoms with Gasteiger partial charge in [-0.2, -0.15) is 0 Å². The first-order chi connectivity index (χ1) is 9.60. The van der Waals surface area contributed by atoms with Gasteiger partial charge in [-0.05, 0) is 38.0 Å². The third-order valence-corrected chi connectivity index (χ3v) is 2.89. The number of ether oxygens (including phenoxy) is 2. The number of hydrogen-bond acceptors (Lipinski definition) is 3. The molecule has 1 aromatic rings. The van der Waals surface area contributed by atoms with E-state index in [1.165, 1.54) is 0 Å². The van der Waals surface area contributed by atoms with Crippen molar-refractivity contribution in [2.75, 3.05) is 13.2 Å². The first-order valence-corrected chi connectivity index (χ1v) is 6.76. The van der Waals surface area contributed by atoms with Crippen LogP contribution in [0.5, 0.6) is 5.75 Å². The molecular formula is C17H22O3. The van der Waals surface area contributed by atoms with Gasteiger partial charge in [0, 0.05) is 5.56 Å². The number of benzene rings is 1. The van der Waals surface area contributed by atoms with Gasteiger partial charge in [-0.15, -0.1) is 0 Å². The summed E-state index contributed by atoms with van der Waals surface area (Å²) in [6, 6.07) is 5.81. The zero-order valence-electron chi connectivity index (χ0n) is 12.4. The lowest BCUT2D eigenvalue weighted by atomic mass is 10.1. The highest BCUT2D eigenvalue weighted by Gasteiger charge is 2.10. The minimum atomic E-state index is -0.240. The van der Waals surface area contributed by atoms with Gasteiger partial charge in [-0.25, -0.2) is 0 Å². The second-order valence-corrected chi connectivity index (χ2v) is 4.45. The number of hydrogen-bond donors (Lipinski definition) is 0. The highest BCUT2D eigenvalue weighted by Crippen LogP contribution is 2.22. The number of esters is 1. The molecule has 0 N–H and O–H groups in total. The Kier molecular flexibility index (Phi) is 6.57. The summed E-state index contributed by atoms with van der Waals surface area (Å²) in [4.78, 5) is 11.6. The largest absolute Gasteiger partial charge is 0.489 e. The van der Waals surface area contributed by atoms with Gasteiger partial charge in [0.2, 0.25) is 0 Å². The third kappa shape index (κ3) is 4.92. The number of carbonyl (C=O) groups is 1. The van der Waals surface area contributed by atoms with Crippen LogP contribution in [0.2, 0.25) is 0 Å². The van der Waals surface area contributed by atoms with Crippen LogP contribution in [0.25, 0.3) is 0 Å². The van der Waals surface area contributed by atoms with Crippen molar-refractivity contribution >= 4 is 5.97 Å². The average molecular weight is 274 g/mol. The Balaban J connectivity index is 2.84. The van der Waals surface area contributed by atoms with Crippen LogP contribution in [-0.4, -0.2) is 19.2 Å². The normalized spacial score (nSPS) is 11.1. The van der Waals surface area contributed by atoms with Gasteiger partial charge >= 0.3 is 5.97 Å². The molecule has 0 amide bonds. The highest BCUT2D eigenvalue weighted by atomic mass is 16.5. The van der Waals surface area contributed by atoms with Crippen molar-refractivity contribution in [3.8, 4) is 5.75 Å². The first-order valence-electron chi connectivity index (χ1n) is 6.76. The molecule has 0 spiro atoms. The summed E-state index contributed by atoms with van der Waals surface area (Å²) < 4.78 is 10.8. The van der Waals surface area contributed by atoms with Gasteiger partial charge in [0.25, 0.3) is 0 Å². The Bertz CT molecular complexity index is 501. The summed E-state index contributed by atoms with van der Waals surface area (Å²) in [5.74, 6) is 0.482. The summed E-state index contributed by atoms with van der Waals surface area (Å²) in [5.41, 5.74) is 2.94. The van der Waals surface area contributed by atoms with E-state index >= 15 is 0 Å². The van der Waals surface area contributed by atoms with E-state index in [-0.39, 0.29) is 12.4 Å². The van der Waals surface area contributed by atoms with Crippen LogP contribution in [-0.2, 0) is 16.0 Å². The predicted octanol–water partition coefficient (Wildman–Crippen LogP) is 3.61. The molecule has 0 unspecified atom stereocenters. The molecule has 0 fully saturated rings. The topological polar surface area (TPSA) is 35.5 Å². The van der Waals surface area contributed by atoms with Crippen molar-refractivity contribution in [2.24, 2.45) is 0 Å². The van der Waals surface area contributed by atoms with Crippen LogP contribution in [0.15, 0.2) is 42.5 Å². The molecule has 1 rings (SSSR count). The monoisotopic (exact) mass is 274 g/mol. The molecule has 3 nitrogen and oxygen atoms in total. The molecule has 0 saturated carbocycles. The maximum atomic E-state index is 11.6. The molecule has 20 heavy (non-hydrogen) atoms. The van der Waals surface area contributed by atoms with E-state index in [1.807, 2.05) is 38.1 Å². The number of carbonyl (C=O) groups excluding carboxylic acids is 1. The zero-order chi connectivity index (χ0) is 15.0. The summed E-state index contributed by atoms with van der Waals surface area (Å²) in [6.07, 6.45) is 3.94. The molecule has 0 atom stereocenters. The maximum Gasteiger partial charge on any atom is 0.310 e. The van der Waals surface area contributed by atoms with Crippen LogP contribution in [0, 0.1) is 6.92 Å². The Labute approximate surface area is 120 Å². The molecule has 0 saturated heterocycles. The minimum absolute atomic E-state index is 0.225. The summed E-state index contributed by atoms with van der Waals surface area (Å²) >= 11 is 0. The molecule has 0 bridgehead atoms. The van der Waals surface area contributed by atoms with Crippen molar-refractivity contribution in [3.63, 3.8) is 0 Å². The highest BCUT2D eigenvalue weighted by molar-refractivity contribution is 5.73. The molecule has 0 heterocycles. The Morgan fingerprint density at radius 1 is 1.40 bits per heavy atom. The van der Waals surface area contributed by atoms with Crippen LogP contribution in [0.1, 0.15) is 25.0 Å². The molecule has 0 aromatic heterocycles. The lowest BCUT2D eigenvalue weighted by Gasteiger charge is -2.12. The second kappa shape index (κ2) is 8.20. The van der Waals surface area contributed by atoms with E-state index < -0.39 is 0 Å². The SMILES string of the molecule is C=C/C(=C\C)COc1cc(C)ccc1CC(=O)OCC. The Morgan fingerprint density at radius 2 is 2.15 bits per heavy atom. The smallest absolute Gasteiger partial charge is 0.310 e. The maximum absolute atomic E-state index is 11.6. The fraction of sp³-hybridized carbons (Fsp3) is 0.353. The summed E-state index contributed by atoms with van der Waals surface area (Å²) in [5, 5.41) is 0. The van der Waals surface area contributed by atoms with Crippen molar-refractivity contribution in [2.45, 2.75) is 27.2 Å². The fourth-order valence-corrected chi connectivity index (χ4v) is 1.73. The lowest BCUT2D eigenvalue weighted by Crippen LogP contribution is -2.10. The van der Waals surface area contributed by atoms with Crippen LogP contribution < -0.4 is 4.74 Å². The molecule has 0 aliphatic heterocycles. The zero-order valence-corrected chi connectivity index (χ0v) is 12.4. The van der Waals surface area contributed by atoms with Gasteiger partial charge in [-0.1, -0.05) is 30.9 Å². The molecule has 0 aliphatic carbocycles. The number of allylic oxidation sites excluding steroid dienone is 1. The second-order valence-electron chi connectivity index (χ2n) is 4.45. The van der Waals surface area contributed by atoms with Crippen LogP contribution >= 0.6 is 0 Å². The molecule has 3 heteroatoms. The van der Waals surface area contributed by atoms with E-state index in [4.69, 9.17) is 9.47 Å². The summed E-state index contributed by atoms with van der Waals surface area (Å²) in [6.45, 7) is 10.3. The van der Waals surface area contributed by atoms with Crippen molar-refractivity contribution in [3.05, 3.63) is 53.6 Å². The molecule has 0 radical (unpaired) electrons. The van der Waals surface area contributed by atoms with Crippen LogP contribution in [0.4, 0.5) is 0 Å². The lowest BCUT2D eigenvalue weighted by molar-refractivity contribution is -0.142. The van der Waals surface area contributed by atoms with Gasteiger partial charge in [0.15, 0.2) is 0 Å². The van der Waals surface area contributed by atoms with E-state index in [0.29, 0.717) is 13.2 Å². The number of aryl methyl sites for hydroxylation is 1. The standard InChI is InChI=1S/C17H22O3/c1-5-14(6-2)12-20-16-10-13(4)8-9-15(16)11-17(18)19-7-3/h5-6,8-10H,1,7,11-12H2,2-4H3/b14-6+. The van der Waals surface area contributed by atoms with E-state index in [2.05, 4.69) is 6.58 Å². The van der Waals surface area contributed by atoms with Gasteiger partial charge < -0.3 is 9.47 Å². The molecular weight excluding hydrogens is 252 g/mol. The number of rotatable bonds is 7. The summed E-state index contributed by atoms with van der Waals surface area (Å²) in [7, 11) is 0. The van der Waals surface area contributed by atoms with Crippen molar-refractivity contribution in [1.29, 1.82) is 0 Å². The molecule has 108 valence electrons. The minimum Gasteiger partial charge on any atom is -0.489 e. The Hall–Kier alpha value is -2.03. The molecule has 1 aromatic carbocycles. The van der Waals surface area contributed by atoms with Crippen molar-refractivity contribution in [1.82, 2.24) is 0 Å². The van der Waals surface area contributed by atoms with E-state index in [1.54, 1.807) is 13.0 Å². The van der Waals surface area contributed by atoms with Gasteiger partial charge in [-0.3, -0.25) is 4.79 Å². The molecule has 0 aliphatic rings. The first kappa shape index (κ1) is 16.0. The van der Waals surface area contributed by atoms with E-state index in [0.717, 1.165) is 22.4 Å². The third-order valence-electron chi connectivity index (χ3n) is 2.89. The van der Waals surface area contributed by atoms with Gasteiger partial charge in [0.05, 0.1) is 13.0 Å². The Morgan fingerprint density at radius 3 is 2.75 bits per heavy atom. The predicted molar refractivity (Wildman–Crippen MR) is 81.0 cm³/mol.